The molecule has 4 rings (SSSR count). The van der Waals surface area contributed by atoms with E-state index in [2.05, 4.69) is 15.5 Å². The van der Waals surface area contributed by atoms with Gasteiger partial charge in [-0.15, -0.1) is 0 Å². The summed E-state index contributed by atoms with van der Waals surface area (Å²) in [6.07, 6.45) is 5.37. The number of hydrogen-bond acceptors (Lipinski definition) is 7. The summed E-state index contributed by atoms with van der Waals surface area (Å²) in [7, 11) is 0. The molecule has 1 saturated carbocycles. The Labute approximate surface area is 156 Å². The summed E-state index contributed by atoms with van der Waals surface area (Å²) >= 11 is 0. The Hall–Kier alpha value is -2.48. The van der Waals surface area contributed by atoms with Gasteiger partial charge >= 0.3 is 5.63 Å². The highest BCUT2D eigenvalue weighted by Gasteiger charge is 2.26. The smallest absolute Gasteiger partial charge is 0.349 e. The van der Waals surface area contributed by atoms with Crippen molar-refractivity contribution in [1.29, 1.82) is 0 Å². The Kier molecular flexibility index (Phi) is 5.07. The van der Waals surface area contributed by atoms with Gasteiger partial charge in [0.2, 0.25) is 0 Å². The number of amides is 1. The fourth-order valence-corrected chi connectivity index (χ4v) is 3.45. The maximum Gasteiger partial charge on any atom is 0.349 e. The lowest BCUT2D eigenvalue weighted by atomic mass is 9.83. The first-order valence-electron chi connectivity index (χ1n) is 9.48. The zero-order chi connectivity index (χ0) is 18.8. The number of aryl methyl sites for hydroxylation is 1. The van der Waals surface area contributed by atoms with Crippen LogP contribution >= 0.6 is 0 Å². The first kappa shape index (κ1) is 17.9. The van der Waals surface area contributed by atoms with Crippen LogP contribution in [0.2, 0.25) is 0 Å². The molecule has 1 unspecified atom stereocenters. The highest BCUT2D eigenvalue weighted by atomic mass is 16.5. The SMILES string of the molecule is Cc1cc(C2CCC2)oc(=O)c1C(=O)NCCc1noc(C2CCCO2)n1. The minimum atomic E-state index is -0.574. The average Bonchev–Trinajstić information content (AvgIpc) is 3.24. The summed E-state index contributed by atoms with van der Waals surface area (Å²) in [4.78, 5) is 29.0. The topological polar surface area (TPSA) is 107 Å². The molecule has 1 atom stereocenters. The van der Waals surface area contributed by atoms with Crippen LogP contribution in [0.25, 0.3) is 0 Å². The molecule has 8 heteroatoms. The van der Waals surface area contributed by atoms with Crippen LogP contribution in [0.4, 0.5) is 0 Å². The highest BCUT2D eigenvalue weighted by Crippen LogP contribution is 2.36. The van der Waals surface area contributed by atoms with Gasteiger partial charge in [-0.3, -0.25) is 4.79 Å². The molecule has 3 heterocycles. The lowest BCUT2D eigenvalue weighted by Gasteiger charge is -2.24. The molecule has 1 amide bonds. The fraction of sp³-hybridized carbons (Fsp3) is 0.579. The van der Waals surface area contributed by atoms with Crippen LogP contribution in [0.15, 0.2) is 19.8 Å². The predicted octanol–water partition coefficient (Wildman–Crippen LogP) is 2.42. The molecule has 2 aromatic heterocycles. The number of ether oxygens (including phenoxy) is 1. The molecule has 2 aliphatic rings. The van der Waals surface area contributed by atoms with E-state index < -0.39 is 11.5 Å². The second kappa shape index (κ2) is 7.64. The van der Waals surface area contributed by atoms with Gasteiger partial charge in [0.15, 0.2) is 5.82 Å². The van der Waals surface area contributed by atoms with E-state index in [4.69, 9.17) is 13.7 Å². The van der Waals surface area contributed by atoms with Crippen LogP contribution in [0.3, 0.4) is 0 Å². The molecule has 0 spiro atoms. The van der Waals surface area contributed by atoms with Crippen LogP contribution in [-0.4, -0.2) is 29.2 Å². The van der Waals surface area contributed by atoms with Gasteiger partial charge in [-0.1, -0.05) is 11.6 Å². The van der Waals surface area contributed by atoms with E-state index in [9.17, 15) is 9.59 Å². The summed E-state index contributed by atoms with van der Waals surface area (Å²) in [6, 6.07) is 1.81. The number of carbonyl (C=O) groups excluding carboxylic acids is 1. The normalized spacial score (nSPS) is 19.8. The van der Waals surface area contributed by atoms with Crippen LogP contribution in [-0.2, 0) is 11.2 Å². The molecule has 1 saturated heterocycles. The quantitative estimate of drug-likeness (QED) is 0.828. The molecule has 0 aromatic carbocycles. The van der Waals surface area contributed by atoms with Crippen molar-refractivity contribution >= 4 is 5.91 Å². The van der Waals surface area contributed by atoms with Crippen molar-refractivity contribution in [1.82, 2.24) is 15.5 Å². The summed E-state index contributed by atoms with van der Waals surface area (Å²) < 4.78 is 16.1. The minimum absolute atomic E-state index is 0.0613. The Balaban J connectivity index is 1.35. The Morgan fingerprint density at radius 3 is 2.81 bits per heavy atom. The average molecular weight is 373 g/mol. The van der Waals surface area contributed by atoms with Crippen molar-refractivity contribution < 1.29 is 18.5 Å². The molecule has 144 valence electrons. The molecule has 2 aromatic rings. The van der Waals surface area contributed by atoms with E-state index in [0.29, 0.717) is 48.5 Å². The number of hydrogen-bond donors (Lipinski definition) is 1. The summed E-state index contributed by atoms with van der Waals surface area (Å²) in [5.74, 6) is 1.55. The monoisotopic (exact) mass is 373 g/mol. The van der Waals surface area contributed by atoms with Crippen molar-refractivity contribution in [3.8, 4) is 0 Å². The first-order chi connectivity index (χ1) is 13.1. The van der Waals surface area contributed by atoms with E-state index in [0.717, 1.165) is 32.1 Å². The van der Waals surface area contributed by atoms with Crippen molar-refractivity contribution in [2.24, 2.45) is 0 Å². The zero-order valence-corrected chi connectivity index (χ0v) is 15.3. The predicted molar refractivity (Wildman–Crippen MR) is 94.6 cm³/mol. The van der Waals surface area contributed by atoms with Gasteiger partial charge in [-0.2, -0.15) is 4.98 Å². The van der Waals surface area contributed by atoms with E-state index in [-0.39, 0.29) is 11.7 Å². The lowest BCUT2D eigenvalue weighted by Crippen LogP contribution is -2.31. The largest absolute Gasteiger partial charge is 0.427 e. The van der Waals surface area contributed by atoms with Crippen LogP contribution < -0.4 is 10.9 Å². The summed E-state index contributed by atoms with van der Waals surface area (Å²) in [5, 5.41) is 6.65. The maximum absolute atomic E-state index is 12.4. The van der Waals surface area contributed by atoms with Crippen molar-refractivity contribution in [2.75, 3.05) is 13.2 Å². The van der Waals surface area contributed by atoms with E-state index in [1.54, 1.807) is 6.92 Å². The molecule has 0 radical (unpaired) electrons. The first-order valence-corrected chi connectivity index (χ1v) is 9.48. The van der Waals surface area contributed by atoms with Crippen molar-refractivity contribution in [3.05, 3.63) is 45.1 Å². The van der Waals surface area contributed by atoms with Gasteiger partial charge < -0.3 is 19.0 Å². The second-order valence-corrected chi connectivity index (χ2v) is 7.18. The summed E-state index contributed by atoms with van der Waals surface area (Å²) in [6.45, 7) is 2.77. The molecule has 1 aliphatic heterocycles. The second-order valence-electron chi connectivity index (χ2n) is 7.18. The van der Waals surface area contributed by atoms with Crippen LogP contribution in [0, 0.1) is 6.92 Å². The standard InChI is InChI=1S/C19H23N3O5/c1-11-10-14(12-4-2-5-12)26-19(24)16(11)17(23)20-8-7-15-21-18(27-22-15)13-6-3-9-25-13/h10,12-13H,2-9H2,1H3,(H,20,23). The van der Waals surface area contributed by atoms with Gasteiger partial charge in [-0.05, 0) is 44.2 Å². The number of carbonyl (C=O) groups is 1. The fourth-order valence-electron chi connectivity index (χ4n) is 3.45. The third kappa shape index (κ3) is 3.80. The molecule has 1 N–H and O–H groups in total. The molecule has 0 bridgehead atoms. The lowest BCUT2D eigenvalue weighted by molar-refractivity contribution is 0.0835. The van der Waals surface area contributed by atoms with Gasteiger partial charge in [0.05, 0.1) is 0 Å². The Bertz CT molecular complexity index is 878. The number of aromatic nitrogens is 2. The number of nitrogens with one attached hydrogen (secondary N) is 1. The Morgan fingerprint density at radius 2 is 2.15 bits per heavy atom. The van der Waals surface area contributed by atoms with Crippen molar-refractivity contribution in [3.63, 3.8) is 0 Å². The molecule has 27 heavy (non-hydrogen) atoms. The van der Waals surface area contributed by atoms with Gasteiger partial charge in [-0.25, -0.2) is 4.79 Å². The van der Waals surface area contributed by atoms with Crippen LogP contribution in [0.5, 0.6) is 0 Å². The minimum Gasteiger partial charge on any atom is -0.427 e. The molecule has 1 aliphatic carbocycles. The molecular weight excluding hydrogens is 350 g/mol. The van der Waals surface area contributed by atoms with Gasteiger partial charge in [0, 0.05) is 25.5 Å². The van der Waals surface area contributed by atoms with Gasteiger partial charge in [0.1, 0.15) is 17.4 Å². The van der Waals surface area contributed by atoms with E-state index in [1.807, 2.05) is 6.07 Å². The van der Waals surface area contributed by atoms with E-state index >= 15 is 0 Å². The molecule has 8 nitrogen and oxygen atoms in total. The highest BCUT2D eigenvalue weighted by molar-refractivity contribution is 5.95. The molecule has 2 fully saturated rings. The maximum atomic E-state index is 12.4. The molecular formula is C19H23N3O5. The number of nitrogens with zero attached hydrogens (tertiary/aromatic N) is 2. The third-order valence-corrected chi connectivity index (χ3v) is 5.23. The number of rotatable bonds is 6. The van der Waals surface area contributed by atoms with E-state index in [1.165, 1.54) is 0 Å². The Morgan fingerprint density at radius 1 is 1.30 bits per heavy atom. The third-order valence-electron chi connectivity index (χ3n) is 5.23. The summed E-state index contributed by atoms with van der Waals surface area (Å²) in [5.41, 5.74) is 0.131. The zero-order valence-electron chi connectivity index (χ0n) is 15.3. The van der Waals surface area contributed by atoms with Crippen LogP contribution in [0.1, 0.15) is 77.5 Å². The van der Waals surface area contributed by atoms with Crippen molar-refractivity contribution in [2.45, 2.75) is 57.5 Å². The van der Waals surface area contributed by atoms with Gasteiger partial charge in [0.25, 0.3) is 11.8 Å².